The fraction of sp³-hybridized carbons (Fsp3) is 0.571. The van der Waals surface area contributed by atoms with Crippen LogP contribution in [0.25, 0.3) is 0 Å². The van der Waals surface area contributed by atoms with E-state index in [1.807, 2.05) is 13.8 Å². The summed E-state index contributed by atoms with van der Waals surface area (Å²) in [4.78, 5) is 0.218. The highest BCUT2D eigenvalue weighted by molar-refractivity contribution is 7.89. The number of nitrogen functional groups attached to an aromatic ring is 1. The second-order valence-electron chi connectivity index (χ2n) is 5.84. The van der Waals surface area contributed by atoms with Gasteiger partial charge in [-0.2, -0.15) is 0 Å². The lowest BCUT2D eigenvalue weighted by Gasteiger charge is -2.24. The molecule has 0 unspecified atom stereocenters. The number of aliphatic hydroxyl groups is 1. The third kappa shape index (κ3) is 4.77. The number of nitrogens with two attached hydrogens (primary N) is 1. The van der Waals surface area contributed by atoms with Crippen LogP contribution < -0.4 is 10.5 Å². The first-order chi connectivity index (χ1) is 9.18. The van der Waals surface area contributed by atoms with Crippen molar-refractivity contribution in [3.05, 3.63) is 23.8 Å². The predicted octanol–water partition coefficient (Wildman–Crippen LogP) is 1.65. The molecular formula is C14H24N2O3S. The first kappa shape index (κ1) is 16.9. The van der Waals surface area contributed by atoms with E-state index in [4.69, 9.17) is 10.8 Å². The molecule has 20 heavy (non-hydrogen) atoms. The van der Waals surface area contributed by atoms with Crippen molar-refractivity contribution in [2.45, 2.75) is 38.5 Å². The van der Waals surface area contributed by atoms with Crippen LogP contribution >= 0.6 is 0 Å². The number of hydrogen-bond acceptors (Lipinski definition) is 4. The largest absolute Gasteiger partial charge is 0.399 e. The van der Waals surface area contributed by atoms with Gasteiger partial charge in [-0.25, -0.2) is 13.1 Å². The lowest BCUT2D eigenvalue weighted by molar-refractivity contribution is 0.242. The van der Waals surface area contributed by atoms with Gasteiger partial charge in [0.15, 0.2) is 0 Å². The molecule has 0 radical (unpaired) electrons. The minimum atomic E-state index is -3.56. The molecule has 0 saturated carbocycles. The van der Waals surface area contributed by atoms with Crippen LogP contribution in [0, 0.1) is 12.3 Å². The summed E-state index contributed by atoms with van der Waals surface area (Å²) in [6.45, 7) is 6.12. The Hall–Kier alpha value is -1.11. The topological polar surface area (TPSA) is 92.4 Å². The SMILES string of the molecule is Cc1ccc(N)cc1S(=O)(=O)NCC(C)(C)CCCO. The van der Waals surface area contributed by atoms with Gasteiger partial charge in [0.25, 0.3) is 0 Å². The number of sulfonamides is 1. The zero-order valence-corrected chi connectivity index (χ0v) is 13.1. The van der Waals surface area contributed by atoms with E-state index < -0.39 is 10.0 Å². The molecule has 1 aromatic rings. The molecule has 0 aromatic heterocycles. The van der Waals surface area contributed by atoms with Gasteiger partial charge in [0.2, 0.25) is 10.0 Å². The van der Waals surface area contributed by atoms with Crippen molar-refractivity contribution < 1.29 is 13.5 Å². The van der Waals surface area contributed by atoms with E-state index in [9.17, 15) is 8.42 Å². The Labute approximate surface area is 121 Å². The first-order valence-electron chi connectivity index (χ1n) is 6.65. The molecule has 0 aliphatic rings. The molecule has 0 heterocycles. The van der Waals surface area contributed by atoms with Gasteiger partial charge in [-0.1, -0.05) is 19.9 Å². The number of rotatable bonds is 7. The van der Waals surface area contributed by atoms with Crippen LogP contribution in [0.1, 0.15) is 32.3 Å². The Bertz CT molecular complexity index is 554. The number of benzene rings is 1. The summed E-state index contributed by atoms with van der Waals surface area (Å²) in [6.07, 6.45) is 1.41. The third-order valence-corrected chi connectivity index (χ3v) is 4.80. The Morgan fingerprint density at radius 2 is 2.00 bits per heavy atom. The highest BCUT2D eigenvalue weighted by Crippen LogP contribution is 2.23. The van der Waals surface area contributed by atoms with Crippen molar-refractivity contribution in [1.29, 1.82) is 0 Å². The van der Waals surface area contributed by atoms with E-state index in [0.29, 0.717) is 24.2 Å². The summed E-state index contributed by atoms with van der Waals surface area (Å²) < 4.78 is 27.2. The van der Waals surface area contributed by atoms with Crippen LogP contribution in [0.4, 0.5) is 5.69 Å². The maximum absolute atomic E-state index is 12.3. The average molecular weight is 300 g/mol. The van der Waals surface area contributed by atoms with Gasteiger partial charge >= 0.3 is 0 Å². The third-order valence-electron chi connectivity index (χ3n) is 3.25. The second-order valence-corrected chi connectivity index (χ2v) is 7.58. The number of hydrogen-bond donors (Lipinski definition) is 3. The van der Waals surface area contributed by atoms with Crippen molar-refractivity contribution in [1.82, 2.24) is 4.72 Å². The van der Waals surface area contributed by atoms with Crippen molar-refractivity contribution in [2.75, 3.05) is 18.9 Å². The van der Waals surface area contributed by atoms with Crippen molar-refractivity contribution in [3.63, 3.8) is 0 Å². The van der Waals surface area contributed by atoms with Crippen molar-refractivity contribution in [3.8, 4) is 0 Å². The Balaban J connectivity index is 2.83. The molecule has 0 amide bonds. The summed E-state index contributed by atoms with van der Waals surface area (Å²) in [6, 6.07) is 4.85. The molecule has 0 atom stereocenters. The van der Waals surface area contributed by atoms with Gasteiger partial charge in [-0.05, 0) is 42.9 Å². The molecule has 0 saturated heterocycles. The summed E-state index contributed by atoms with van der Waals surface area (Å²) >= 11 is 0. The van der Waals surface area contributed by atoms with E-state index >= 15 is 0 Å². The standard InChI is InChI=1S/C14H24N2O3S/c1-11-5-6-12(15)9-13(11)20(18,19)16-10-14(2,3)7-4-8-17/h5-6,9,16-17H,4,7-8,10,15H2,1-3H3. The van der Waals surface area contributed by atoms with E-state index in [1.165, 1.54) is 6.07 Å². The van der Waals surface area contributed by atoms with Gasteiger partial charge in [-0.15, -0.1) is 0 Å². The van der Waals surface area contributed by atoms with Crippen LogP contribution in [-0.4, -0.2) is 26.7 Å². The molecule has 0 aliphatic carbocycles. The molecule has 1 rings (SSSR count). The van der Waals surface area contributed by atoms with Crippen LogP contribution in [0.3, 0.4) is 0 Å². The molecular weight excluding hydrogens is 276 g/mol. The first-order valence-corrected chi connectivity index (χ1v) is 8.13. The maximum Gasteiger partial charge on any atom is 0.240 e. The lowest BCUT2D eigenvalue weighted by Crippen LogP contribution is -2.34. The number of aryl methyl sites for hydroxylation is 1. The fourth-order valence-electron chi connectivity index (χ4n) is 1.92. The van der Waals surface area contributed by atoms with Crippen molar-refractivity contribution in [2.24, 2.45) is 5.41 Å². The zero-order chi connectivity index (χ0) is 15.4. The molecule has 0 aliphatic heterocycles. The molecule has 0 spiro atoms. The van der Waals surface area contributed by atoms with Crippen LogP contribution in [0.2, 0.25) is 0 Å². The molecule has 6 heteroatoms. The Morgan fingerprint density at radius 1 is 1.35 bits per heavy atom. The Kier molecular flexibility index (Phi) is 5.56. The van der Waals surface area contributed by atoms with Gasteiger partial charge in [0.1, 0.15) is 0 Å². The maximum atomic E-state index is 12.3. The smallest absolute Gasteiger partial charge is 0.240 e. The molecule has 5 nitrogen and oxygen atoms in total. The normalized spacial score (nSPS) is 12.6. The fourth-order valence-corrected chi connectivity index (χ4v) is 3.44. The summed E-state index contributed by atoms with van der Waals surface area (Å²) in [5.74, 6) is 0. The van der Waals surface area contributed by atoms with Gasteiger partial charge in [0, 0.05) is 18.8 Å². The van der Waals surface area contributed by atoms with Crippen molar-refractivity contribution >= 4 is 15.7 Å². The Morgan fingerprint density at radius 3 is 2.60 bits per heavy atom. The van der Waals surface area contributed by atoms with Gasteiger partial charge < -0.3 is 10.8 Å². The molecule has 114 valence electrons. The highest BCUT2D eigenvalue weighted by Gasteiger charge is 2.23. The summed E-state index contributed by atoms with van der Waals surface area (Å²) in [5, 5.41) is 8.85. The average Bonchev–Trinajstić information content (AvgIpc) is 2.37. The number of aliphatic hydroxyl groups excluding tert-OH is 1. The van der Waals surface area contributed by atoms with Crippen LogP contribution in [0.15, 0.2) is 23.1 Å². The minimum absolute atomic E-state index is 0.116. The predicted molar refractivity (Wildman–Crippen MR) is 80.9 cm³/mol. The number of anilines is 1. The highest BCUT2D eigenvalue weighted by atomic mass is 32.2. The molecule has 4 N–H and O–H groups in total. The number of nitrogens with one attached hydrogen (secondary N) is 1. The molecule has 0 bridgehead atoms. The molecule has 1 aromatic carbocycles. The molecule has 0 fully saturated rings. The monoisotopic (exact) mass is 300 g/mol. The quantitative estimate of drug-likeness (QED) is 0.668. The van der Waals surface area contributed by atoms with Crippen LogP contribution in [-0.2, 0) is 10.0 Å². The lowest BCUT2D eigenvalue weighted by atomic mass is 9.88. The van der Waals surface area contributed by atoms with E-state index in [2.05, 4.69) is 4.72 Å². The zero-order valence-electron chi connectivity index (χ0n) is 12.3. The van der Waals surface area contributed by atoms with E-state index in [-0.39, 0.29) is 16.9 Å². The summed E-state index contributed by atoms with van der Waals surface area (Å²) in [5.41, 5.74) is 6.54. The van der Waals surface area contributed by atoms with E-state index in [0.717, 1.165) is 6.42 Å². The van der Waals surface area contributed by atoms with E-state index in [1.54, 1.807) is 19.1 Å². The summed E-state index contributed by atoms with van der Waals surface area (Å²) in [7, 11) is -3.56. The van der Waals surface area contributed by atoms with Crippen LogP contribution in [0.5, 0.6) is 0 Å². The second kappa shape index (κ2) is 6.56. The minimum Gasteiger partial charge on any atom is -0.399 e. The van der Waals surface area contributed by atoms with Gasteiger partial charge in [0.05, 0.1) is 4.90 Å². The van der Waals surface area contributed by atoms with Gasteiger partial charge in [-0.3, -0.25) is 0 Å².